The molecule has 1 N–H and O–H groups in total. The number of hydrogen-bond donors (Lipinski definition) is 1. The molecule has 0 fully saturated rings. The molecule has 192 valence electrons. The van der Waals surface area contributed by atoms with Crippen LogP contribution >= 0.6 is 0 Å². The lowest BCUT2D eigenvalue weighted by molar-refractivity contribution is -0.127. The van der Waals surface area contributed by atoms with E-state index in [9.17, 15) is 9.59 Å². The Bertz CT molecular complexity index is 1170. The Morgan fingerprint density at radius 2 is 1.67 bits per heavy atom. The molecule has 0 aliphatic rings. The van der Waals surface area contributed by atoms with Gasteiger partial charge in [0, 0.05) is 29.9 Å². The van der Waals surface area contributed by atoms with E-state index in [4.69, 9.17) is 4.74 Å². The second-order valence-corrected chi connectivity index (χ2v) is 10.1. The molecule has 0 aliphatic carbocycles. The van der Waals surface area contributed by atoms with Gasteiger partial charge in [0.05, 0.1) is 12.3 Å². The molecule has 2 aromatic carbocycles. The third kappa shape index (κ3) is 6.97. The van der Waals surface area contributed by atoms with Crippen LogP contribution in [0.1, 0.15) is 62.7 Å². The largest absolute Gasteiger partial charge is 0.494 e. The molecule has 3 aromatic rings. The molecule has 0 saturated heterocycles. The molecular weight excluding hydrogens is 452 g/mol. The molecule has 1 aromatic heterocycles. The van der Waals surface area contributed by atoms with E-state index >= 15 is 0 Å². The quantitative estimate of drug-likeness (QED) is 0.442. The highest BCUT2D eigenvalue weighted by Crippen LogP contribution is 2.31. The van der Waals surface area contributed by atoms with Crippen LogP contribution < -0.4 is 15.0 Å². The van der Waals surface area contributed by atoms with Gasteiger partial charge in [0.25, 0.3) is 0 Å². The van der Waals surface area contributed by atoms with Crippen molar-refractivity contribution in [1.82, 2.24) is 15.1 Å². The number of rotatable bonds is 9. The SMILES string of the molecule is CCOc1ccc([C@@H](C(=O)NC(C)(C)C)N(C(=O)CCn2nc(C)cc2C)c2ccc(C)cc2)cc1. The van der Waals surface area contributed by atoms with Crippen molar-refractivity contribution in [3.63, 3.8) is 0 Å². The Morgan fingerprint density at radius 3 is 2.19 bits per heavy atom. The smallest absolute Gasteiger partial charge is 0.248 e. The standard InChI is InChI=1S/C29H38N4O3/c1-8-36-25-15-11-23(12-16-25)27(28(35)30-29(5,6)7)33(24-13-9-20(2)10-14-24)26(34)17-18-32-22(4)19-21(3)31-32/h9-16,19,27H,8,17-18H2,1-7H3,(H,30,35)/t27-/m0/s1. The maximum Gasteiger partial charge on any atom is 0.248 e. The minimum Gasteiger partial charge on any atom is -0.494 e. The van der Waals surface area contributed by atoms with Gasteiger partial charge in [-0.3, -0.25) is 19.2 Å². The summed E-state index contributed by atoms with van der Waals surface area (Å²) in [5, 5.41) is 7.57. The first kappa shape index (κ1) is 27.0. The van der Waals surface area contributed by atoms with Gasteiger partial charge in [-0.15, -0.1) is 0 Å². The zero-order valence-electron chi connectivity index (χ0n) is 22.5. The minimum absolute atomic E-state index is 0.158. The molecule has 0 radical (unpaired) electrons. The second kappa shape index (κ2) is 11.4. The van der Waals surface area contributed by atoms with Crippen molar-refractivity contribution >= 4 is 17.5 Å². The van der Waals surface area contributed by atoms with E-state index in [-0.39, 0.29) is 18.2 Å². The molecule has 0 spiro atoms. The van der Waals surface area contributed by atoms with Crippen molar-refractivity contribution in [1.29, 1.82) is 0 Å². The van der Waals surface area contributed by atoms with Crippen molar-refractivity contribution in [2.45, 2.75) is 73.0 Å². The fraction of sp³-hybridized carbons (Fsp3) is 0.414. The number of hydrogen-bond acceptors (Lipinski definition) is 4. The first-order valence-corrected chi connectivity index (χ1v) is 12.4. The molecule has 0 bridgehead atoms. The van der Waals surface area contributed by atoms with E-state index < -0.39 is 11.6 Å². The number of anilines is 1. The normalized spacial score (nSPS) is 12.2. The summed E-state index contributed by atoms with van der Waals surface area (Å²) in [6.07, 6.45) is 0.201. The summed E-state index contributed by atoms with van der Waals surface area (Å²) >= 11 is 0. The summed E-state index contributed by atoms with van der Waals surface area (Å²) in [7, 11) is 0. The van der Waals surface area contributed by atoms with E-state index in [1.54, 1.807) is 4.90 Å². The van der Waals surface area contributed by atoms with Gasteiger partial charge in [-0.05, 0) is 84.4 Å². The third-order valence-corrected chi connectivity index (χ3v) is 5.73. The minimum atomic E-state index is -0.851. The Kier molecular flexibility index (Phi) is 8.56. The second-order valence-electron chi connectivity index (χ2n) is 10.1. The molecule has 2 amide bonds. The zero-order valence-corrected chi connectivity index (χ0v) is 22.5. The number of carbonyl (C=O) groups is 2. The van der Waals surface area contributed by atoms with Gasteiger partial charge in [0.2, 0.25) is 11.8 Å². The highest BCUT2D eigenvalue weighted by Gasteiger charge is 2.34. The van der Waals surface area contributed by atoms with Crippen molar-refractivity contribution < 1.29 is 14.3 Å². The molecule has 1 heterocycles. The topological polar surface area (TPSA) is 76.5 Å². The van der Waals surface area contributed by atoms with Gasteiger partial charge in [0.15, 0.2) is 0 Å². The fourth-order valence-electron chi connectivity index (χ4n) is 4.13. The summed E-state index contributed by atoms with van der Waals surface area (Å²) in [6, 6.07) is 16.2. The third-order valence-electron chi connectivity index (χ3n) is 5.73. The summed E-state index contributed by atoms with van der Waals surface area (Å²) in [6.45, 7) is 14.6. The predicted molar refractivity (Wildman–Crippen MR) is 143 cm³/mol. The van der Waals surface area contributed by atoms with Crippen molar-refractivity contribution in [3.05, 3.63) is 77.1 Å². The van der Waals surface area contributed by atoms with Crippen molar-refractivity contribution in [2.24, 2.45) is 0 Å². The molecule has 1 atom stereocenters. The lowest BCUT2D eigenvalue weighted by Gasteiger charge is -2.34. The van der Waals surface area contributed by atoms with Gasteiger partial charge in [-0.2, -0.15) is 5.10 Å². The van der Waals surface area contributed by atoms with E-state index in [2.05, 4.69) is 10.4 Å². The summed E-state index contributed by atoms with van der Waals surface area (Å²) < 4.78 is 7.43. The number of nitrogens with zero attached hydrogens (tertiary/aromatic N) is 3. The van der Waals surface area contributed by atoms with Crippen LogP contribution in [0.4, 0.5) is 5.69 Å². The molecule has 0 aliphatic heterocycles. The monoisotopic (exact) mass is 490 g/mol. The maximum atomic E-state index is 13.9. The van der Waals surface area contributed by atoms with Crippen LogP contribution in [0.25, 0.3) is 0 Å². The number of aryl methyl sites for hydroxylation is 4. The number of amides is 2. The van der Waals surface area contributed by atoms with E-state index in [1.165, 1.54) is 0 Å². The number of carbonyl (C=O) groups excluding carboxylic acids is 2. The Morgan fingerprint density at radius 1 is 1.03 bits per heavy atom. The van der Waals surface area contributed by atoms with Crippen LogP contribution in [0.3, 0.4) is 0 Å². The lowest BCUT2D eigenvalue weighted by atomic mass is 10.00. The van der Waals surface area contributed by atoms with Gasteiger partial charge in [0.1, 0.15) is 11.8 Å². The molecule has 3 rings (SSSR count). The number of benzene rings is 2. The Hall–Kier alpha value is -3.61. The zero-order chi connectivity index (χ0) is 26.5. The van der Waals surface area contributed by atoms with Crippen LogP contribution in [0, 0.1) is 20.8 Å². The van der Waals surface area contributed by atoms with Crippen molar-refractivity contribution in [3.8, 4) is 5.75 Å². The molecule has 0 unspecified atom stereocenters. The first-order chi connectivity index (χ1) is 17.0. The van der Waals surface area contributed by atoms with Crippen LogP contribution in [-0.2, 0) is 16.1 Å². The number of ether oxygens (including phenoxy) is 1. The average Bonchev–Trinajstić information content (AvgIpc) is 3.13. The van der Waals surface area contributed by atoms with Crippen LogP contribution in [0.15, 0.2) is 54.6 Å². The lowest BCUT2D eigenvalue weighted by Crippen LogP contribution is -2.49. The molecule has 7 nitrogen and oxygen atoms in total. The molecule has 0 saturated carbocycles. The predicted octanol–water partition coefficient (Wildman–Crippen LogP) is 5.29. The fourth-order valence-corrected chi connectivity index (χ4v) is 4.13. The first-order valence-electron chi connectivity index (χ1n) is 12.4. The highest BCUT2D eigenvalue weighted by atomic mass is 16.5. The molecular formula is C29H38N4O3. The van der Waals surface area contributed by atoms with Crippen molar-refractivity contribution in [2.75, 3.05) is 11.5 Å². The van der Waals surface area contributed by atoms with Crippen LogP contribution in [0.2, 0.25) is 0 Å². The maximum absolute atomic E-state index is 13.9. The molecule has 7 heteroatoms. The molecule has 36 heavy (non-hydrogen) atoms. The van der Waals surface area contributed by atoms with Gasteiger partial charge < -0.3 is 10.1 Å². The highest BCUT2D eigenvalue weighted by molar-refractivity contribution is 6.01. The average molecular weight is 491 g/mol. The van der Waals surface area contributed by atoms with E-state index in [0.717, 1.165) is 17.0 Å². The summed E-state index contributed by atoms with van der Waals surface area (Å²) in [5.74, 6) is 0.315. The number of aromatic nitrogens is 2. The van der Waals surface area contributed by atoms with E-state index in [0.29, 0.717) is 30.2 Å². The summed E-state index contributed by atoms with van der Waals surface area (Å²) in [4.78, 5) is 29.2. The van der Waals surface area contributed by atoms with Gasteiger partial charge in [-0.1, -0.05) is 29.8 Å². The van der Waals surface area contributed by atoms with Gasteiger partial charge >= 0.3 is 0 Å². The van der Waals surface area contributed by atoms with Gasteiger partial charge in [-0.25, -0.2) is 0 Å². The summed E-state index contributed by atoms with van der Waals surface area (Å²) in [5.41, 5.74) is 3.89. The number of nitrogens with one attached hydrogen (secondary N) is 1. The Labute approximate surface area is 214 Å². The van der Waals surface area contributed by atoms with E-state index in [1.807, 2.05) is 108 Å². The van der Waals surface area contributed by atoms with Crippen LogP contribution in [-0.4, -0.2) is 33.7 Å². The van der Waals surface area contributed by atoms with Crippen LogP contribution in [0.5, 0.6) is 5.75 Å². The Balaban J connectivity index is 2.04.